The van der Waals surface area contributed by atoms with Gasteiger partial charge in [0.15, 0.2) is 0 Å². The molecule has 0 spiro atoms. The normalized spacial score (nSPS) is 34.5. The fourth-order valence-electron chi connectivity index (χ4n) is 8.18. The minimum absolute atomic E-state index is 0.0207. The van der Waals surface area contributed by atoms with Crippen LogP contribution in [-0.2, 0) is 24.5 Å². The lowest BCUT2D eigenvalue weighted by Crippen LogP contribution is -2.63. The lowest BCUT2D eigenvalue weighted by molar-refractivity contribution is -0.184. The SMILES string of the molecule is COC(=O)C12CC3CC(C(=O)N=C4CCC(NC(=O)OC(C)(C)C)CC4)(C1)CC(c1ccccc1)(C3)C2. The number of alkyl carbamates (subject to hydrolysis) is 1. The lowest BCUT2D eigenvalue weighted by Gasteiger charge is -2.64. The van der Waals surface area contributed by atoms with Crippen LogP contribution in [0.25, 0.3) is 0 Å². The Morgan fingerprint density at radius 2 is 1.59 bits per heavy atom. The van der Waals surface area contributed by atoms with Crippen LogP contribution in [0.3, 0.4) is 0 Å². The fourth-order valence-corrected chi connectivity index (χ4v) is 8.18. The maximum atomic E-state index is 14.0. The zero-order valence-corrected chi connectivity index (χ0v) is 22.6. The van der Waals surface area contributed by atoms with Crippen LogP contribution in [0.4, 0.5) is 4.79 Å². The van der Waals surface area contributed by atoms with E-state index in [1.54, 1.807) is 0 Å². The van der Waals surface area contributed by atoms with E-state index in [0.29, 0.717) is 25.2 Å². The highest BCUT2D eigenvalue weighted by Gasteiger charge is 2.68. The molecule has 1 N–H and O–H groups in total. The van der Waals surface area contributed by atoms with E-state index in [4.69, 9.17) is 14.5 Å². The molecular formula is C30H40N2O5. The third-order valence-electron chi connectivity index (χ3n) is 9.07. The van der Waals surface area contributed by atoms with Gasteiger partial charge in [0, 0.05) is 11.8 Å². The van der Waals surface area contributed by atoms with Crippen molar-refractivity contribution in [1.29, 1.82) is 0 Å². The first-order valence-corrected chi connectivity index (χ1v) is 13.7. The number of ether oxygens (including phenoxy) is 2. The predicted octanol–water partition coefficient (Wildman–Crippen LogP) is 5.50. The van der Waals surface area contributed by atoms with Crippen molar-refractivity contribution < 1.29 is 23.9 Å². The minimum Gasteiger partial charge on any atom is -0.469 e. The van der Waals surface area contributed by atoms with Crippen LogP contribution in [0, 0.1) is 16.7 Å². The number of carbonyl (C=O) groups is 3. The summed E-state index contributed by atoms with van der Waals surface area (Å²) in [5.41, 5.74) is 0.167. The second kappa shape index (κ2) is 9.25. The number of hydrogen-bond donors (Lipinski definition) is 1. The van der Waals surface area contributed by atoms with E-state index in [2.05, 4.69) is 29.6 Å². The standard InChI is InChI=1S/C30H40N2O5/c1-27(2,3)37-26(35)32-23-12-10-22(11-13-23)31-24(33)29-15-20-14-28(17-29,21-8-6-5-7-9-21)18-30(16-20,19-29)25(34)36-4/h5-9,20,23H,10-19H2,1-4H3,(H,32,35). The molecule has 5 aliphatic rings. The average Bonchev–Trinajstić information content (AvgIpc) is 2.83. The van der Waals surface area contributed by atoms with E-state index in [-0.39, 0.29) is 23.3 Å². The van der Waals surface area contributed by atoms with Crippen LogP contribution in [0.5, 0.6) is 0 Å². The Morgan fingerprint density at radius 1 is 0.946 bits per heavy atom. The molecule has 2 amide bonds. The van der Waals surface area contributed by atoms with Gasteiger partial charge in [0.05, 0.1) is 17.9 Å². The van der Waals surface area contributed by atoms with Crippen LogP contribution in [-0.4, -0.2) is 42.4 Å². The van der Waals surface area contributed by atoms with Crippen LogP contribution < -0.4 is 5.32 Å². The van der Waals surface area contributed by atoms with Crippen molar-refractivity contribution in [1.82, 2.24) is 5.32 Å². The summed E-state index contributed by atoms with van der Waals surface area (Å²) in [4.78, 5) is 44.0. The molecule has 5 saturated carbocycles. The minimum atomic E-state index is -0.623. The van der Waals surface area contributed by atoms with E-state index in [1.165, 1.54) is 12.7 Å². The molecule has 0 saturated heterocycles. The van der Waals surface area contributed by atoms with Crippen LogP contribution in [0.15, 0.2) is 35.3 Å². The Kier molecular flexibility index (Phi) is 6.48. The second-order valence-electron chi connectivity index (χ2n) is 13.1. The average molecular weight is 509 g/mol. The number of hydrogen-bond acceptors (Lipinski definition) is 5. The molecule has 0 radical (unpaired) electrons. The van der Waals surface area contributed by atoms with Crippen molar-refractivity contribution in [2.24, 2.45) is 21.7 Å². The van der Waals surface area contributed by atoms with Crippen molar-refractivity contribution in [3.63, 3.8) is 0 Å². The molecule has 4 atom stereocenters. The largest absolute Gasteiger partial charge is 0.469 e. The Labute approximate surface area is 219 Å². The van der Waals surface area contributed by atoms with Gasteiger partial charge in [-0.1, -0.05) is 30.3 Å². The smallest absolute Gasteiger partial charge is 0.407 e. The zero-order valence-electron chi connectivity index (χ0n) is 22.6. The molecule has 4 bridgehead atoms. The Bertz CT molecular complexity index is 1100. The summed E-state index contributed by atoms with van der Waals surface area (Å²) in [6.07, 6.45) is 7.08. The van der Waals surface area contributed by atoms with Gasteiger partial charge in [-0.3, -0.25) is 9.59 Å². The number of amides is 2. The first-order valence-electron chi connectivity index (χ1n) is 13.7. The first-order chi connectivity index (χ1) is 17.5. The molecule has 1 aromatic rings. The molecule has 6 rings (SSSR count). The third kappa shape index (κ3) is 4.94. The summed E-state index contributed by atoms with van der Waals surface area (Å²) in [5, 5.41) is 2.95. The highest BCUT2D eigenvalue weighted by molar-refractivity contribution is 5.99. The van der Waals surface area contributed by atoms with E-state index in [1.807, 2.05) is 26.8 Å². The van der Waals surface area contributed by atoms with Crippen molar-refractivity contribution >= 4 is 23.7 Å². The van der Waals surface area contributed by atoms with Gasteiger partial charge in [-0.05, 0) is 102 Å². The van der Waals surface area contributed by atoms with Crippen molar-refractivity contribution in [3.8, 4) is 0 Å². The molecule has 200 valence electrons. The molecule has 1 aromatic carbocycles. The maximum absolute atomic E-state index is 14.0. The highest BCUT2D eigenvalue weighted by Crippen LogP contribution is 2.70. The summed E-state index contributed by atoms with van der Waals surface area (Å²) in [7, 11) is 1.47. The molecule has 5 aliphatic carbocycles. The highest BCUT2D eigenvalue weighted by atomic mass is 16.6. The quantitative estimate of drug-likeness (QED) is 0.542. The van der Waals surface area contributed by atoms with Crippen molar-refractivity contribution in [3.05, 3.63) is 35.9 Å². The summed E-state index contributed by atoms with van der Waals surface area (Å²) >= 11 is 0. The van der Waals surface area contributed by atoms with E-state index in [0.717, 1.165) is 50.7 Å². The number of benzene rings is 1. The molecule has 0 heterocycles. The number of aliphatic imine (C=N–C) groups is 1. The molecule has 0 aromatic heterocycles. The van der Waals surface area contributed by atoms with Gasteiger partial charge < -0.3 is 14.8 Å². The molecule has 7 nitrogen and oxygen atoms in total. The van der Waals surface area contributed by atoms with Gasteiger partial charge in [0.1, 0.15) is 5.60 Å². The van der Waals surface area contributed by atoms with Gasteiger partial charge in [-0.2, -0.15) is 0 Å². The number of rotatable bonds is 4. The topological polar surface area (TPSA) is 94.1 Å². The zero-order chi connectivity index (χ0) is 26.5. The third-order valence-corrected chi connectivity index (χ3v) is 9.07. The molecule has 5 fully saturated rings. The summed E-state index contributed by atoms with van der Waals surface area (Å²) < 4.78 is 10.7. The van der Waals surface area contributed by atoms with Gasteiger partial charge in [0.2, 0.25) is 0 Å². The predicted molar refractivity (Wildman–Crippen MR) is 140 cm³/mol. The van der Waals surface area contributed by atoms with Gasteiger partial charge in [-0.15, -0.1) is 0 Å². The molecular weight excluding hydrogens is 468 g/mol. The van der Waals surface area contributed by atoms with Crippen molar-refractivity contribution in [2.75, 3.05) is 7.11 Å². The maximum Gasteiger partial charge on any atom is 0.407 e. The van der Waals surface area contributed by atoms with Gasteiger partial charge >= 0.3 is 12.1 Å². The number of methoxy groups -OCH3 is 1. The molecule has 0 aliphatic heterocycles. The van der Waals surface area contributed by atoms with Crippen LogP contribution in [0.1, 0.15) is 90.5 Å². The number of nitrogens with one attached hydrogen (secondary N) is 1. The van der Waals surface area contributed by atoms with Crippen LogP contribution in [0.2, 0.25) is 0 Å². The Morgan fingerprint density at radius 3 is 2.24 bits per heavy atom. The monoisotopic (exact) mass is 508 g/mol. The Balaban J connectivity index is 1.35. The second-order valence-corrected chi connectivity index (χ2v) is 13.1. The van der Waals surface area contributed by atoms with E-state index in [9.17, 15) is 14.4 Å². The molecule has 7 heteroatoms. The number of carbonyl (C=O) groups excluding carboxylic acids is 3. The van der Waals surface area contributed by atoms with Gasteiger partial charge in [-0.25, -0.2) is 9.79 Å². The number of nitrogens with zero attached hydrogens (tertiary/aromatic N) is 1. The molecule has 37 heavy (non-hydrogen) atoms. The Hall–Kier alpha value is -2.70. The lowest BCUT2D eigenvalue weighted by atomic mass is 9.38. The first kappa shape index (κ1) is 25.9. The van der Waals surface area contributed by atoms with E-state index < -0.39 is 22.5 Å². The molecule has 4 unspecified atom stereocenters. The summed E-state index contributed by atoms with van der Waals surface area (Å²) in [6.45, 7) is 5.54. The van der Waals surface area contributed by atoms with Crippen LogP contribution >= 0.6 is 0 Å². The number of esters is 1. The van der Waals surface area contributed by atoms with Gasteiger partial charge in [0.25, 0.3) is 5.91 Å². The summed E-state index contributed by atoms with van der Waals surface area (Å²) in [5.74, 6) is 0.0858. The summed E-state index contributed by atoms with van der Waals surface area (Å²) in [6, 6.07) is 10.4. The van der Waals surface area contributed by atoms with Crippen molar-refractivity contribution in [2.45, 2.75) is 102 Å². The fraction of sp³-hybridized carbons (Fsp3) is 0.667. The van der Waals surface area contributed by atoms with E-state index >= 15 is 0 Å².